The maximum atomic E-state index is 11.9. The van der Waals surface area contributed by atoms with Crippen molar-refractivity contribution in [3.05, 3.63) is 36.0 Å². The van der Waals surface area contributed by atoms with E-state index in [0.29, 0.717) is 13.0 Å². The second kappa shape index (κ2) is 5.69. The van der Waals surface area contributed by atoms with Gasteiger partial charge in [-0.15, -0.1) is 0 Å². The predicted molar refractivity (Wildman–Crippen MR) is 73.3 cm³/mol. The lowest BCUT2D eigenvalue weighted by Crippen LogP contribution is -2.40. The van der Waals surface area contributed by atoms with Crippen molar-refractivity contribution in [3.63, 3.8) is 0 Å². The summed E-state index contributed by atoms with van der Waals surface area (Å²) in [7, 11) is 0. The third-order valence-electron chi connectivity index (χ3n) is 3.17. The van der Waals surface area contributed by atoms with E-state index in [1.165, 1.54) is 0 Å². The number of hydrogen-bond acceptors (Lipinski definition) is 2. The molecule has 0 bridgehead atoms. The summed E-state index contributed by atoms with van der Waals surface area (Å²) < 4.78 is 0. The maximum Gasteiger partial charge on any atom is 0.224 e. The van der Waals surface area contributed by atoms with Crippen LogP contribution >= 0.6 is 0 Å². The molecule has 1 aromatic carbocycles. The fourth-order valence-electron chi connectivity index (χ4n) is 2.06. The number of rotatable bonds is 5. The van der Waals surface area contributed by atoms with Crippen LogP contribution in [0.5, 0.6) is 0 Å². The summed E-state index contributed by atoms with van der Waals surface area (Å²) in [5, 5.41) is 4.05. The van der Waals surface area contributed by atoms with Gasteiger partial charge in [0.1, 0.15) is 0 Å². The number of para-hydroxylation sites is 1. The third kappa shape index (κ3) is 2.71. The Labute approximate surface area is 107 Å². The molecule has 0 saturated heterocycles. The molecule has 1 heterocycles. The normalized spacial score (nSPS) is 12.6. The molecule has 2 rings (SSSR count). The molecule has 0 aliphatic carbocycles. The maximum absolute atomic E-state index is 11.9. The molecule has 2 aromatic rings. The van der Waals surface area contributed by atoms with Gasteiger partial charge in [0.25, 0.3) is 0 Å². The van der Waals surface area contributed by atoms with E-state index >= 15 is 0 Å². The first-order chi connectivity index (χ1) is 8.74. The largest absolute Gasteiger partial charge is 0.361 e. The second-order valence-electron chi connectivity index (χ2n) is 4.44. The molecule has 1 atom stereocenters. The third-order valence-corrected chi connectivity index (χ3v) is 3.17. The Bertz CT molecular complexity index is 529. The molecule has 0 radical (unpaired) electrons. The van der Waals surface area contributed by atoms with E-state index in [0.717, 1.165) is 22.9 Å². The first-order valence-corrected chi connectivity index (χ1v) is 6.29. The van der Waals surface area contributed by atoms with Crippen molar-refractivity contribution in [2.45, 2.75) is 25.8 Å². The van der Waals surface area contributed by atoms with E-state index in [1.807, 2.05) is 37.4 Å². The van der Waals surface area contributed by atoms with Gasteiger partial charge in [0.2, 0.25) is 5.91 Å². The van der Waals surface area contributed by atoms with Gasteiger partial charge in [-0.05, 0) is 18.1 Å². The van der Waals surface area contributed by atoms with Crippen LogP contribution in [0.15, 0.2) is 30.5 Å². The van der Waals surface area contributed by atoms with Crippen molar-refractivity contribution in [2.75, 3.05) is 6.54 Å². The van der Waals surface area contributed by atoms with Gasteiger partial charge in [0.05, 0.1) is 6.42 Å². The number of H-pyrrole nitrogens is 1. The Kier molecular flexibility index (Phi) is 3.99. The highest BCUT2D eigenvalue weighted by Gasteiger charge is 2.11. The van der Waals surface area contributed by atoms with Crippen LogP contribution < -0.4 is 11.1 Å². The summed E-state index contributed by atoms with van der Waals surface area (Å²) in [6.45, 7) is 2.50. The number of nitrogens with two attached hydrogens (primary N) is 1. The zero-order chi connectivity index (χ0) is 13.0. The van der Waals surface area contributed by atoms with Crippen molar-refractivity contribution >= 4 is 16.8 Å². The van der Waals surface area contributed by atoms with E-state index in [9.17, 15) is 4.79 Å². The second-order valence-corrected chi connectivity index (χ2v) is 4.44. The van der Waals surface area contributed by atoms with Crippen LogP contribution in [-0.2, 0) is 11.2 Å². The quantitative estimate of drug-likeness (QED) is 0.748. The number of hydrogen-bond donors (Lipinski definition) is 3. The van der Waals surface area contributed by atoms with Gasteiger partial charge in [-0.3, -0.25) is 4.79 Å². The number of carbonyl (C=O) groups is 1. The summed E-state index contributed by atoms with van der Waals surface area (Å²) in [4.78, 5) is 15.1. The van der Waals surface area contributed by atoms with Gasteiger partial charge in [-0.2, -0.15) is 0 Å². The first-order valence-electron chi connectivity index (χ1n) is 6.29. The van der Waals surface area contributed by atoms with Crippen molar-refractivity contribution in [3.8, 4) is 0 Å². The number of aromatic amines is 1. The van der Waals surface area contributed by atoms with Crippen molar-refractivity contribution in [2.24, 2.45) is 5.73 Å². The highest BCUT2D eigenvalue weighted by Crippen LogP contribution is 2.17. The molecule has 0 aliphatic rings. The number of carbonyl (C=O) groups excluding carboxylic acids is 1. The van der Waals surface area contributed by atoms with Gasteiger partial charge in [0, 0.05) is 29.7 Å². The Morgan fingerprint density at radius 3 is 2.94 bits per heavy atom. The Morgan fingerprint density at radius 1 is 1.44 bits per heavy atom. The Morgan fingerprint density at radius 2 is 2.22 bits per heavy atom. The SMILES string of the molecule is CCC(CN)NC(=O)Cc1c[nH]c2ccccc12. The molecule has 0 spiro atoms. The zero-order valence-electron chi connectivity index (χ0n) is 10.6. The lowest BCUT2D eigenvalue weighted by atomic mass is 10.1. The fraction of sp³-hybridized carbons (Fsp3) is 0.357. The number of benzene rings is 1. The Balaban J connectivity index is 2.07. The first kappa shape index (κ1) is 12.6. The highest BCUT2D eigenvalue weighted by atomic mass is 16.1. The van der Waals surface area contributed by atoms with Crippen LogP contribution in [0.3, 0.4) is 0 Å². The van der Waals surface area contributed by atoms with Crippen LogP contribution in [0.1, 0.15) is 18.9 Å². The van der Waals surface area contributed by atoms with Crippen molar-refractivity contribution in [1.29, 1.82) is 0 Å². The molecular weight excluding hydrogens is 226 g/mol. The minimum atomic E-state index is 0.0250. The lowest BCUT2D eigenvalue weighted by molar-refractivity contribution is -0.121. The monoisotopic (exact) mass is 245 g/mol. The van der Waals surface area contributed by atoms with Gasteiger partial charge in [-0.1, -0.05) is 25.1 Å². The molecule has 18 heavy (non-hydrogen) atoms. The van der Waals surface area contributed by atoms with E-state index in [1.54, 1.807) is 0 Å². The average molecular weight is 245 g/mol. The van der Waals surface area contributed by atoms with Gasteiger partial charge < -0.3 is 16.0 Å². The number of nitrogens with one attached hydrogen (secondary N) is 2. The zero-order valence-corrected chi connectivity index (χ0v) is 10.6. The van der Waals surface area contributed by atoms with Crippen LogP contribution in [0, 0.1) is 0 Å². The molecule has 0 aliphatic heterocycles. The summed E-state index contributed by atoms with van der Waals surface area (Å²) in [5.41, 5.74) is 7.66. The van der Waals surface area contributed by atoms with Crippen molar-refractivity contribution in [1.82, 2.24) is 10.3 Å². The molecule has 1 unspecified atom stereocenters. The molecule has 0 fully saturated rings. The van der Waals surface area contributed by atoms with E-state index < -0.39 is 0 Å². The lowest BCUT2D eigenvalue weighted by Gasteiger charge is -2.14. The summed E-state index contributed by atoms with van der Waals surface area (Å²) in [6, 6.07) is 8.05. The summed E-state index contributed by atoms with van der Waals surface area (Å²) >= 11 is 0. The van der Waals surface area contributed by atoms with E-state index in [2.05, 4.69) is 10.3 Å². The van der Waals surface area contributed by atoms with E-state index in [4.69, 9.17) is 5.73 Å². The van der Waals surface area contributed by atoms with Crippen LogP contribution in [-0.4, -0.2) is 23.5 Å². The van der Waals surface area contributed by atoms with Gasteiger partial charge in [-0.25, -0.2) is 0 Å². The Hall–Kier alpha value is -1.81. The number of aromatic nitrogens is 1. The summed E-state index contributed by atoms with van der Waals surface area (Å²) in [6.07, 6.45) is 3.14. The average Bonchev–Trinajstić information content (AvgIpc) is 2.79. The van der Waals surface area contributed by atoms with Crippen molar-refractivity contribution < 1.29 is 4.79 Å². The fourth-order valence-corrected chi connectivity index (χ4v) is 2.06. The highest BCUT2D eigenvalue weighted by molar-refractivity contribution is 5.88. The minimum absolute atomic E-state index is 0.0250. The van der Waals surface area contributed by atoms with Crippen LogP contribution in [0.2, 0.25) is 0 Å². The number of fused-ring (bicyclic) bond motifs is 1. The van der Waals surface area contributed by atoms with Gasteiger partial charge >= 0.3 is 0 Å². The smallest absolute Gasteiger partial charge is 0.224 e. The molecule has 4 nitrogen and oxygen atoms in total. The molecule has 96 valence electrons. The minimum Gasteiger partial charge on any atom is -0.361 e. The van der Waals surface area contributed by atoms with Gasteiger partial charge in [0.15, 0.2) is 0 Å². The molecule has 1 amide bonds. The van der Waals surface area contributed by atoms with Crippen LogP contribution in [0.25, 0.3) is 10.9 Å². The molecule has 1 aromatic heterocycles. The number of amides is 1. The molecule has 4 N–H and O–H groups in total. The van der Waals surface area contributed by atoms with Crippen LogP contribution in [0.4, 0.5) is 0 Å². The standard InChI is InChI=1S/C14H19N3O/c1-2-11(8-15)17-14(18)7-10-9-16-13-6-4-3-5-12(10)13/h3-6,9,11,16H,2,7-8,15H2,1H3,(H,17,18). The molecule has 4 heteroatoms. The molecular formula is C14H19N3O. The topological polar surface area (TPSA) is 70.9 Å². The van der Waals surface area contributed by atoms with E-state index in [-0.39, 0.29) is 11.9 Å². The predicted octanol–water partition coefficient (Wildman–Crippen LogP) is 1.56. The summed E-state index contributed by atoms with van der Waals surface area (Å²) in [5.74, 6) is 0.0250. The molecule has 0 saturated carbocycles.